The number of carbonyl (C=O) groups is 1. The molecule has 0 saturated heterocycles. The van der Waals surface area contributed by atoms with E-state index in [1.165, 1.54) is 12.3 Å². The third-order valence-electron chi connectivity index (χ3n) is 1.70. The first-order valence-corrected chi connectivity index (χ1v) is 4.20. The van der Waals surface area contributed by atoms with Gasteiger partial charge in [-0.25, -0.2) is 9.78 Å². The zero-order chi connectivity index (χ0) is 11.3. The lowest BCUT2D eigenvalue weighted by molar-refractivity contribution is 0.0690. The van der Waals surface area contributed by atoms with Crippen molar-refractivity contribution in [3.63, 3.8) is 0 Å². The van der Waals surface area contributed by atoms with E-state index >= 15 is 0 Å². The van der Waals surface area contributed by atoms with Crippen LogP contribution in [0.5, 0.6) is 0 Å². The SMILES string of the molecule is C#CC(CO)Nc1ccnc(C(=O)O)c1. The maximum Gasteiger partial charge on any atom is 0.354 e. The molecule has 0 spiro atoms. The van der Waals surface area contributed by atoms with Crippen molar-refractivity contribution in [2.45, 2.75) is 6.04 Å². The largest absolute Gasteiger partial charge is 0.477 e. The van der Waals surface area contributed by atoms with Gasteiger partial charge in [-0.05, 0) is 12.1 Å². The van der Waals surface area contributed by atoms with Crippen molar-refractivity contribution in [1.82, 2.24) is 4.98 Å². The molecule has 78 valence electrons. The molecule has 0 bridgehead atoms. The quantitative estimate of drug-likeness (QED) is 0.612. The molecule has 3 N–H and O–H groups in total. The lowest BCUT2D eigenvalue weighted by Gasteiger charge is -2.11. The average Bonchev–Trinajstić information content (AvgIpc) is 2.26. The van der Waals surface area contributed by atoms with Crippen molar-refractivity contribution in [3.05, 3.63) is 24.0 Å². The molecule has 0 fully saturated rings. The molecule has 0 aromatic carbocycles. The second kappa shape index (κ2) is 4.98. The van der Waals surface area contributed by atoms with E-state index in [9.17, 15) is 4.79 Å². The van der Waals surface area contributed by atoms with Crippen LogP contribution in [-0.4, -0.2) is 33.8 Å². The third kappa shape index (κ3) is 2.97. The highest BCUT2D eigenvalue weighted by atomic mass is 16.4. The fraction of sp³-hybridized carbons (Fsp3) is 0.200. The summed E-state index contributed by atoms with van der Waals surface area (Å²) in [5, 5.41) is 20.3. The van der Waals surface area contributed by atoms with E-state index in [0.717, 1.165) is 0 Å². The van der Waals surface area contributed by atoms with Crippen molar-refractivity contribution in [2.24, 2.45) is 0 Å². The molecule has 0 radical (unpaired) electrons. The maximum absolute atomic E-state index is 10.6. The first-order chi connectivity index (χ1) is 7.17. The van der Waals surface area contributed by atoms with Gasteiger partial charge >= 0.3 is 5.97 Å². The normalized spacial score (nSPS) is 11.5. The number of aromatic nitrogens is 1. The van der Waals surface area contributed by atoms with Crippen molar-refractivity contribution in [2.75, 3.05) is 11.9 Å². The van der Waals surface area contributed by atoms with Crippen LogP contribution in [-0.2, 0) is 0 Å². The number of aliphatic hydroxyl groups excluding tert-OH is 1. The van der Waals surface area contributed by atoms with E-state index in [-0.39, 0.29) is 12.3 Å². The van der Waals surface area contributed by atoms with Crippen LogP contribution in [0.2, 0.25) is 0 Å². The highest BCUT2D eigenvalue weighted by molar-refractivity contribution is 5.86. The minimum Gasteiger partial charge on any atom is -0.477 e. The van der Waals surface area contributed by atoms with Gasteiger partial charge in [-0.1, -0.05) is 5.92 Å². The molecular weight excluding hydrogens is 196 g/mol. The van der Waals surface area contributed by atoms with Crippen molar-refractivity contribution < 1.29 is 15.0 Å². The molecule has 5 heteroatoms. The number of carboxylic acids is 1. The van der Waals surface area contributed by atoms with Crippen LogP contribution >= 0.6 is 0 Å². The standard InChI is InChI=1S/C10H10N2O3/c1-2-7(6-13)12-8-3-4-11-9(5-8)10(14)15/h1,3-5,7,13H,6H2,(H,11,12)(H,14,15). The Morgan fingerprint density at radius 1 is 1.73 bits per heavy atom. The molecule has 0 aliphatic carbocycles. The number of rotatable bonds is 4. The molecule has 1 heterocycles. The molecule has 0 aliphatic rings. The van der Waals surface area contributed by atoms with Crippen LogP contribution in [0.3, 0.4) is 0 Å². The highest BCUT2D eigenvalue weighted by Crippen LogP contribution is 2.09. The van der Waals surface area contributed by atoms with Gasteiger partial charge in [-0.3, -0.25) is 0 Å². The monoisotopic (exact) mass is 206 g/mol. The Balaban J connectivity index is 2.83. The number of pyridine rings is 1. The van der Waals surface area contributed by atoms with Gasteiger partial charge in [0.15, 0.2) is 0 Å². The average molecular weight is 206 g/mol. The Morgan fingerprint density at radius 3 is 3.00 bits per heavy atom. The lowest BCUT2D eigenvalue weighted by Crippen LogP contribution is -2.21. The van der Waals surface area contributed by atoms with E-state index < -0.39 is 12.0 Å². The zero-order valence-corrected chi connectivity index (χ0v) is 7.84. The predicted octanol–water partition coefficient (Wildman–Crippen LogP) is 0.186. The molecule has 1 atom stereocenters. The lowest BCUT2D eigenvalue weighted by atomic mass is 10.2. The van der Waals surface area contributed by atoms with E-state index in [1.807, 2.05) is 0 Å². The smallest absolute Gasteiger partial charge is 0.354 e. The minimum atomic E-state index is -1.11. The van der Waals surface area contributed by atoms with Gasteiger partial charge in [0.1, 0.15) is 11.7 Å². The Hall–Kier alpha value is -2.06. The molecule has 1 aromatic heterocycles. The summed E-state index contributed by atoms with van der Waals surface area (Å²) in [5.41, 5.74) is 0.438. The van der Waals surface area contributed by atoms with Crippen LogP contribution in [0.1, 0.15) is 10.5 Å². The van der Waals surface area contributed by atoms with E-state index in [0.29, 0.717) is 5.69 Å². The summed E-state index contributed by atoms with van der Waals surface area (Å²) >= 11 is 0. The van der Waals surface area contributed by atoms with Crippen LogP contribution in [0, 0.1) is 12.3 Å². The number of nitrogens with one attached hydrogen (secondary N) is 1. The number of aromatic carboxylic acids is 1. The second-order valence-corrected chi connectivity index (χ2v) is 2.78. The van der Waals surface area contributed by atoms with Gasteiger partial charge in [0.2, 0.25) is 0 Å². The first-order valence-electron chi connectivity index (χ1n) is 4.20. The van der Waals surface area contributed by atoms with Gasteiger partial charge in [-0.2, -0.15) is 0 Å². The fourth-order valence-electron chi connectivity index (χ4n) is 0.978. The van der Waals surface area contributed by atoms with Crippen molar-refractivity contribution in [3.8, 4) is 12.3 Å². The molecule has 0 aliphatic heterocycles. The third-order valence-corrected chi connectivity index (χ3v) is 1.70. The van der Waals surface area contributed by atoms with Crippen LogP contribution in [0.25, 0.3) is 0 Å². The topological polar surface area (TPSA) is 82.5 Å². The highest BCUT2D eigenvalue weighted by Gasteiger charge is 2.07. The minimum absolute atomic E-state index is 0.0753. The van der Waals surface area contributed by atoms with E-state index in [2.05, 4.69) is 16.2 Å². The number of terminal acetylenes is 1. The molecule has 1 unspecified atom stereocenters. The molecule has 0 amide bonds. The number of nitrogens with zero attached hydrogens (tertiary/aromatic N) is 1. The summed E-state index contributed by atoms with van der Waals surface area (Å²) < 4.78 is 0. The molecule has 15 heavy (non-hydrogen) atoms. The number of carboxylic acid groups (broad SMARTS) is 1. The first kappa shape index (κ1) is 11.0. The van der Waals surface area contributed by atoms with E-state index in [1.54, 1.807) is 6.07 Å². The van der Waals surface area contributed by atoms with E-state index in [4.69, 9.17) is 16.6 Å². The molecule has 5 nitrogen and oxygen atoms in total. The molecular formula is C10H10N2O3. The maximum atomic E-state index is 10.6. The summed E-state index contributed by atoms with van der Waals surface area (Å²) in [4.78, 5) is 14.2. The van der Waals surface area contributed by atoms with Gasteiger partial charge in [0, 0.05) is 11.9 Å². The Labute approximate surface area is 86.8 Å². The molecule has 1 rings (SSSR count). The van der Waals surface area contributed by atoms with Crippen LogP contribution < -0.4 is 5.32 Å². The Kier molecular flexibility index (Phi) is 3.66. The summed E-state index contributed by atoms with van der Waals surface area (Å²) in [6, 6.07) is 2.39. The molecule has 0 saturated carbocycles. The number of anilines is 1. The number of aliphatic hydroxyl groups is 1. The van der Waals surface area contributed by atoms with Gasteiger partial charge < -0.3 is 15.5 Å². The Morgan fingerprint density at radius 2 is 2.47 bits per heavy atom. The zero-order valence-electron chi connectivity index (χ0n) is 7.84. The fourth-order valence-corrected chi connectivity index (χ4v) is 0.978. The van der Waals surface area contributed by atoms with Crippen LogP contribution in [0.15, 0.2) is 18.3 Å². The summed E-state index contributed by atoms with van der Waals surface area (Å²) in [5.74, 6) is 1.21. The second-order valence-electron chi connectivity index (χ2n) is 2.78. The Bertz CT molecular complexity index is 398. The predicted molar refractivity (Wildman–Crippen MR) is 54.5 cm³/mol. The number of hydrogen-bond donors (Lipinski definition) is 3. The van der Waals surface area contributed by atoms with Gasteiger partial charge in [0.25, 0.3) is 0 Å². The van der Waals surface area contributed by atoms with Crippen molar-refractivity contribution >= 4 is 11.7 Å². The summed E-state index contributed by atoms with van der Waals surface area (Å²) in [6.07, 6.45) is 6.48. The number of hydrogen-bond acceptors (Lipinski definition) is 4. The molecule has 1 aromatic rings. The van der Waals surface area contributed by atoms with Gasteiger partial charge in [0.05, 0.1) is 6.61 Å². The van der Waals surface area contributed by atoms with Crippen molar-refractivity contribution in [1.29, 1.82) is 0 Å². The summed E-state index contributed by atoms with van der Waals surface area (Å²) in [6.45, 7) is -0.221. The van der Waals surface area contributed by atoms with Gasteiger partial charge in [-0.15, -0.1) is 6.42 Å². The summed E-state index contributed by atoms with van der Waals surface area (Å²) in [7, 11) is 0. The van der Waals surface area contributed by atoms with Crippen LogP contribution in [0.4, 0.5) is 5.69 Å².